The number of halogens is 1. The number of hydrogen-bond acceptors (Lipinski definition) is 6. The number of methoxy groups -OCH3 is 3. The monoisotopic (exact) mass is 549 g/mol. The van der Waals surface area contributed by atoms with E-state index in [1.807, 2.05) is 19.9 Å². The molecule has 0 radical (unpaired) electrons. The van der Waals surface area contributed by atoms with Gasteiger partial charge in [-0.1, -0.05) is 29.8 Å². The van der Waals surface area contributed by atoms with Crippen LogP contribution in [0.5, 0.6) is 0 Å². The summed E-state index contributed by atoms with van der Waals surface area (Å²) in [6.07, 6.45) is 3.87. The highest BCUT2D eigenvalue weighted by molar-refractivity contribution is 14.1. The lowest BCUT2D eigenvalue weighted by Gasteiger charge is -2.45. The molecule has 9 heteroatoms. The third-order valence-electron chi connectivity index (χ3n) is 5.27. The molecule has 0 bridgehead atoms. The Balaban J connectivity index is 2.60. The fraction of sp³-hybridized carbons (Fsp3) is 0.476. The van der Waals surface area contributed by atoms with Crippen LogP contribution in [0.25, 0.3) is 0 Å². The Morgan fingerprint density at radius 1 is 1.23 bits per heavy atom. The summed E-state index contributed by atoms with van der Waals surface area (Å²) in [6, 6.07) is 6.04. The van der Waals surface area contributed by atoms with Gasteiger partial charge in [-0.25, -0.2) is 13.2 Å². The first-order valence-electron chi connectivity index (χ1n) is 9.42. The number of benzene rings is 1. The number of allylic oxidation sites excluding steroid dienone is 1. The van der Waals surface area contributed by atoms with Gasteiger partial charge in [-0.15, -0.1) is 0 Å². The maximum atomic E-state index is 13.7. The molecule has 7 nitrogen and oxygen atoms in total. The van der Waals surface area contributed by atoms with Gasteiger partial charge < -0.3 is 14.2 Å². The van der Waals surface area contributed by atoms with Crippen LogP contribution in [0.3, 0.4) is 0 Å². The summed E-state index contributed by atoms with van der Waals surface area (Å²) in [5, 5.41) is 0. The minimum Gasteiger partial charge on any atom is -0.466 e. The molecular formula is C21H28INO6S. The predicted molar refractivity (Wildman–Crippen MR) is 123 cm³/mol. The van der Waals surface area contributed by atoms with E-state index in [2.05, 4.69) is 22.6 Å². The standard InChI is InChI=1S/C21H28INO6S/c1-6-17(22)14-23(30(25,26)18-10-7-15(2)8-11-18)19-12-9-16(20(24)27-3)13-21(19,28-4)29-5/h6-11,19H,12-14H2,1-5H3/b17-6-/t19-/m0/s1. The van der Waals surface area contributed by atoms with E-state index in [-0.39, 0.29) is 24.3 Å². The second kappa shape index (κ2) is 10.4. The number of nitrogens with zero attached hydrogens (tertiary/aromatic N) is 1. The van der Waals surface area contributed by atoms with Crippen molar-refractivity contribution in [2.24, 2.45) is 0 Å². The van der Waals surface area contributed by atoms with Crippen LogP contribution in [0.2, 0.25) is 0 Å². The second-order valence-electron chi connectivity index (χ2n) is 6.97. The Morgan fingerprint density at radius 3 is 2.33 bits per heavy atom. The first kappa shape index (κ1) is 25.0. The molecule has 1 aromatic rings. The Hall–Kier alpha value is -1.27. The van der Waals surface area contributed by atoms with Crippen molar-refractivity contribution in [1.82, 2.24) is 4.31 Å². The number of carbonyl (C=O) groups excluding carboxylic acids is 1. The Bertz CT molecular complexity index is 919. The molecule has 0 spiro atoms. The highest BCUT2D eigenvalue weighted by atomic mass is 127. The van der Waals surface area contributed by atoms with E-state index < -0.39 is 27.8 Å². The van der Waals surface area contributed by atoms with Gasteiger partial charge in [0, 0.05) is 36.3 Å². The van der Waals surface area contributed by atoms with Crippen LogP contribution in [-0.4, -0.2) is 58.4 Å². The van der Waals surface area contributed by atoms with Gasteiger partial charge in [-0.3, -0.25) is 0 Å². The zero-order valence-corrected chi connectivity index (χ0v) is 20.8. The number of esters is 1. The van der Waals surface area contributed by atoms with Gasteiger partial charge in [0.15, 0.2) is 5.79 Å². The molecular weight excluding hydrogens is 521 g/mol. The van der Waals surface area contributed by atoms with Crippen molar-refractivity contribution in [2.45, 2.75) is 43.4 Å². The van der Waals surface area contributed by atoms with E-state index in [0.29, 0.717) is 5.57 Å². The van der Waals surface area contributed by atoms with Crippen LogP contribution >= 0.6 is 22.6 Å². The SMILES string of the molecule is C/C=C(\I)CN([C@H]1CC=C(C(=O)OC)CC1(OC)OC)S(=O)(=O)c1ccc(C)cc1. The Labute approximate surface area is 192 Å². The number of rotatable bonds is 8. The number of sulfonamides is 1. The average molecular weight is 549 g/mol. The lowest BCUT2D eigenvalue weighted by molar-refractivity contribution is -0.237. The van der Waals surface area contributed by atoms with Gasteiger partial charge in [0.25, 0.3) is 0 Å². The number of aryl methyl sites for hydroxylation is 1. The van der Waals surface area contributed by atoms with Crippen molar-refractivity contribution < 1.29 is 27.4 Å². The third kappa shape index (κ3) is 5.13. The topological polar surface area (TPSA) is 82.1 Å². The minimum atomic E-state index is -3.87. The van der Waals surface area contributed by atoms with Crippen molar-refractivity contribution in [1.29, 1.82) is 0 Å². The van der Waals surface area contributed by atoms with Crippen LogP contribution in [0, 0.1) is 6.92 Å². The lowest BCUT2D eigenvalue weighted by Crippen LogP contribution is -2.58. The van der Waals surface area contributed by atoms with Crippen LogP contribution < -0.4 is 0 Å². The van der Waals surface area contributed by atoms with Gasteiger partial charge in [-0.05, 0) is 55.0 Å². The zero-order chi connectivity index (χ0) is 22.5. The molecule has 0 unspecified atom stereocenters. The molecule has 0 amide bonds. The van der Waals surface area contributed by atoms with Gasteiger partial charge in [0.2, 0.25) is 10.0 Å². The smallest absolute Gasteiger partial charge is 0.333 e. The molecule has 2 rings (SSSR count). The number of carbonyl (C=O) groups is 1. The van der Waals surface area contributed by atoms with Crippen molar-refractivity contribution in [3.05, 3.63) is 51.1 Å². The molecule has 1 aliphatic rings. The first-order valence-corrected chi connectivity index (χ1v) is 11.9. The molecule has 0 N–H and O–H groups in total. The summed E-state index contributed by atoms with van der Waals surface area (Å²) in [7, 11) is 0.335. The molecule has 0 saturated carbocycles. The van der Waals surface area contributed by atoms with E-state index in [4.69, 9.17) is 14.2 Å². The fourth-order valence-corrected chi connectivity index (χ4v) is 5.70. The van der Waals surface area contributed by atoms with E-state index in [9.17, 15) is 13.2 Å². The zero-order valence-electron chi connectivity index (χ0n) is 17.8. The van der Waals surface area contributed by atoms with Crippen LogP contribution in [0.1, 0.15) is 25.3 Å². The first-order chi connectivity index (χ1) is 14.1. The van der Waals surface area contributed by atoms with Crippen molar-refractivity contribution >= 4 is 38.6 Å². The molecule has 0 heterocycles. The van der Waals surface area contributed by atoms with Crippen LogP contribution in [-0.2, 0) is 29.0 Å². The van der Waals surface area contributed by atoms with Gasteiger partial charge in [-0.2, -0.15) is 4.31 Å². The van der Waals surface area contributed by atoms with E-state index in [0.717, 1.165) is 9.14 Å². The summed E-state index contributed by atoms with van der Waals surface area (Å²) in [6.45, 7) is 3.92. The van der Waals surface area contributed by atoms with Crippen molar-refractivity contribution in [3.63, 3.8) is 0 Å². The molecule has 0 aromatic heterocycles. The summed E-state index contributed by atoms with van der Waals surface area (Å²) < 4.78 is 45.8. The maximum absolute atomic E-state index is 13.7. The average Bonchev–Trinajstić information content (AvgIpc) is 2.76. The summed E-state index contributed by atoms with van der Waals surface area (Å²) in [5.41, 5.74) is 1.36. The molecule has 1 atom stereocenters. The minimum absolute atomic E-state index is 0.0731. The molecule has 1 aromatic carbocycles. The van der Waals surface area contributed by atoms with Crippen LogP contribution in [0.4, 0.5) is 0 Å². The number of ether oxygens (including phenoxy) is 3. The fourth-order valence-electron chi connectivity index (χ4n) is 3.46. The number of hydrogen-bond donors (Lipinski definition) is 0. The highest BCUT2D eigenvalue weighted by Gasteiger charge is 2.50. The summed E-state index contributed by atoms with van der Waals surface area (Å²) >= 11 is 2.12. The molecule has 30 heavy (non-hydrogen) atoms. The summed E-state index contributed by atoms with van der Waals surface area (Å²) in [4.78, 5) is 12.3. The largest absolute Gasteiger partial charge is 0.466 e. The molecule has 1 aliphatic carbocycles. The molecule has 0 fully saturated rings. The highest BCUT2D eigenvalue weighted by Crippen LogP contribution is 2.39. The van der Waals surface area contributed by atoms with E-state index >= 15 is 0 Å². The Kier molecular flexibility index (Phi) is 8.63. The lowest BCUT2D eigenvalue weighted by atomic mass is 9.88. The van der Waals surface area contributed by atoms with E-state index in [1.165, 1.54) is 25.6 Å². The van der Waals surface area contributed by atoms with Gasteiger partial charge in [0.1, 0.15) is 0 Å². The van der Waals surface area contributed by atoms with Crippen molar-refractivity contribution in [3.8, 4) is 0 Å². The quantitative estimate of drug-likeness (QED) is 0.280. The van der Waals surface area contributed by atoms with Gasteiger partial charge in [0.05, 0.1) is 18.0 Å². The third-order valence-corrected chi connectivity index (χ3v) is 8.10. The van der Waals surface area contributed by atoms with Gasteiger partial charge >= 0.3 is 5.97 Å². The predicted octanol–water partition coefficient (Wildman–Crippen LogP) is 3.58. The second-order valence-corrected chi connectivity index (χ2v) is 10.2. The normalized spacial score (nSPS) is 19.5. The van der Waals surface area contributed by atoms with Crippen molar-refractivity contribution in [2.75, 3.05) is 27.9 Å². The molecule has 166 valence electrons. The molecule has 0 aliphatic heterocycles. The Morgan fingerprint density at radius 2 is 1.83 bits per heavy atom. The van der Waals surface area contributed by atoms with E-state index in [1.54, 1.807) is 30.3 Å². The summed E-state index contributed by atoms with van der Waals surface area (Å²) in [5.74, 6) is -1.82. The maximum Gasteiger partial charge on any atom is 0.333 e. The molecule has 0 saturated heterocycles. The van der Waals surface area contributed by atoms with Crippen LogP contribution in [0.15, 0.2) is 50.5 Å².